The van der Waals surface area contributed by atoms with E-state index in [1.165, 1.54) is 18.2 Å². The number of halogens is 1. The monoisotopic (exact) mass is 282 g/mol. The summed E-state index contributed by atoms with van der Waals surface area (Å²) in [5, 5.41) is 2.65. The first kappa shape index (κ1) is 16.4. The van der Waals surface area contributed by atoms with E-state index in [4.69, 9.17) is 10.5 Å². The first-order valence-electron chi connectivity index (χ1n) is 6.71. The molecule has 0 fully saturated rings. The zero-order valence-corrected chi connectivity index (χ0v) is 12.5. The van der Waals surface area contributed by atoms with Crippen molar-refractivity contribution >= 4 is 11.8 Å². The molecule has 0 bridgehead atoms. The quantitative estimate of drug-likeness (QED) is 0.889. The molecule has 5 heteroatoms. The highest BCUT2D eigenvalue weighted by Gasteiger charge is 2.17. The highest BCUT2D eigenvalue weighted by molar-refractivity contribution is 5.85. The van der Waals surface area contributed by atoms with Gasteiger partial charge in [0.15, 0.2) is 0 Å². The number of hydrogen-bond acceptors (Lipinski definition) is 3. The van der Waals surface area contributed by atoms with Crippen molar-refractivity contribution in [3.63, 3.8) is 0 Å². The molecule has 0 aliphatic carbocycles. The first-order chi connectivity index (χ1) is 9.17. The molecule has 0 radical (unpaired) electrons. The van der Waals surface area contributed by atoms with Gasteiger partial charge in [0.05, 0.1) is 0 Å². The largest absolute Gasteiger partial charge is 0.444 e. The fraction of sp³-hybridized carbons (Fsp3) is 0.533. The van der Waals surface area contributed by atoms with Gasteiger partial charge in [-0.15, -0.1) is 0 Å². The zero-order valence-electron chi connectivity index (χ0n) is 12.5. The van der Waals surface area contributed by atoms with Gasteiger partial charge in [-0.3, -0.25) is 5.32 Å². The van der Waals surface area contributed by atoms with E-state index in [9.17, 15) is 9.18 Å². The Kier molecular flexibility index (Phi) is 5.51. The second-order valence-corrected chi connectivity index (χ2v) is 5.94. The minimum atomic E-state index is -0.573. The standard InChI is InChI=1S/C15H23FN2O2/c1-10(17)5-6-11-9-12(16)7-8-13(11)18-14(19)20-15(2,3)4/h7-10H,5-6,17H2,1-4H3,(H,18,19)/t10-/m1/s1. The number of carbonyl (C=O) groups is 1. The van der Waals surface area contributed by atoms with Crippen molar-refractivity contribution in [1.82, 2.24) is 0 Å². The SMILES string of the molecule is C[C@@H](N)CCc1cc(F)ccc1NC(=O)OC(C)(C)C. The van der Waals surface area contributed by atoms with Gasteiger partial charge < -0.3 is 10.5 Å². The summed E-state index contributed by atoms with van der Waals surface area (Å²) in [7, 11) is 0. The highest BCUT2D eigenvalue weighted by Crippen LogP contribution is 2.20. The lowest BCUT2D eigenvalue weighted by atomic mass is 10.0. The Hall–Kier alpha value is -1.62. The molecule has 1 rings (SSSR count). The van der Waals surface area contributed by atoms with Gasteiger partial charge in [0.25, 0.3) is 0 Å². The van der Waals surface area contributed by atoms with Crippen molar-refractivity contribution in [2.24, 2.45) is 5.73 Å². The molecule has 1 aromatic carbocycles. The van der Waals surface area contributed by atoms with Crippen LogP contribution in [-0.4, -0.2) is 17.7 Å². The second-order valence-electron chi connectivity index (χ2n) is 5.94. The third-order valence-corrected chi connectivity index (χ3v) is 2.57. The molecule has 4 nitrogen and oxygen atoms in total. The summed E-state index contributed by atoms with van der Waals surface area (Å²) in [6.45, 7) is 7.25. The Balaban J connectivity index is 2.80. The van der Waals surface area contributed by atoms with Crippen molar-refractivity contribution in [2.45, 2.75) is 52.2 Å². The highest BCUT2D eigenvalue weighted by atomic mass is 19.1. The summed E-state index contributed by atoms with van der Waals surface area (Å²) < 4.78 is 18.5. The summed E-state index contributed by atoms with van der Waals surface area (Å²) in [5.74, 6) is -0.334. The molecular weight excluding hydrogens is 259 g/mol. The minimum absolute atomic E-state index is 0.0210. The van der Waals surface area contributed by atoms with Crippen molar-refractivity contribution in [1.29, 1.82) is 0 Å². The Labute approximate surface area is 119 Å². The van der Waals surface area contributed by atoms with Crippen LogP contribution in [0, 0.1) is 5.82 Å². The van der Waals surface area contributed by atoms with Crippen LogP contribution in [-0.2, 0) is 11.2 Å². The number of nitrogens with one attached hydrogen (secondary N) is 1. The van der Waals surface area contributed by atoms with Gasteiger partial charge in [-0.05, 0) is 64.3 Å². The molecule has 0 saturated heterocycles. The summed E-state index contributed by atoms with van der Waals surface area (Å²) in [6.07, 6.45) is 0.763. The molecule has 3 N–H and O–H groups in total. The van der Waals surface area contributed by atoms with Gasteiger partial charge in [0.2, 0.25) is 0 Å². The van der Waals surface area contributed by atoms with Crippen LogP contribution in [0.4, 0.5) is 14.9 Å². The number of rotatable bonds is 4. The number of ether oxygens (including phenoxy) is 1. The lowest BCUT2D eigenvalue weighted by Crippen LogP contribution is -2.27. The van der Waals surface area contributed by atoms with Gasteiger partial charge in [0, 0.05) is 11.7 Å². The lowest BCUT2D eigenvalue weighted by molar-refractivity contribution is 0.0635. The minimum Gasteiger partial charge on any atom is -0.444 e. The van der Waals surface area contributed by atoms with Crippen LogP contribution < -0.4 is 11.1 Å². The van der Waals surface area contributed by atoms with Crippen LogP contribution in [0.15, 0.2) is 18.2 Å². The van der Waals surface area contributed by atoms with E-state index in [1.807, 2.05) is 6.92 Å². The van der Waals surface area contributed by atoms with Gasteiger partial charge in [-0.25, -0.2) is 9.18 Å². The fourth-order valence-corrected chi connectivity index (χ4v) is 1.69. The van der Waals surface area contributed by atoms with Crippen LogP contribution in [0.1, 0.15) is 39.7 Å². The second kappa shape index (κ2) is 6.70. The van der Waals surface area contributed by atoms with E-state index in [1.54, 1.807) is 20.8 Å². The lowest BCUT2D eigenvalue weighted by Gasteiger charge is -2.20. The van der Waals surface area contributed by atoms with Gasteiger partial charge in [-0.2, -0.15) is 0 Å². The molecule has 1 amide bonds. The van der Waals surface area contributed by atoms with Crippen LogP contribution in [0.3, 0.4) is 0 Å². The molecule has 0 unspecified atom stereocenters. The number of anilines is 1. The molecule has 0 aliphatic rings. The predicted molar refractivity (Wildman–Crippen MR) is 78.2 cm³/mol. The molecule has 1 aromatic rings. The maximum Gasteiger partial charge on any atom is 0.412 e. The van der Waals surface area contributed by atoms with Gasteiger partial charge in [0.1, 0.15) is 11.4 Å². The summed E-state index contributed by atoms with van der Waals surface area (Å²) in [4.78, 5) is 11.8. The number of amides is 1. The third-order valence-electron chi connectivity index (χ3n) is 2.57. The number of aryl methyl sites for hydroxylation is 1. The Morgan fingerprint density at radius 3 is 2.65 bits per heavy atom. The van der Waals surface area contributed by atoms with Crippen LogP contribution >= 0.6 is 0 Å². The fourth-order valence-electron chi connectivity index (χ4n) is 1.69. The normalized spacial score (nSPS) is 12.9. The van der Waals surface area contributed by atoms with E-state index >= 15 is 0 Å². The van der Waals surface area contributed by atoms with Crippen LogP contribution in [0.2, 0.25) is 0 Å². The van der Waals surface area contributed by atoms with Crippen molar-refractivity contribution in [2.75, 3.05) is 5.32 Å². The number of carbonyl (C=O) groups excluding carboxylic acids is 1. The first-order valence-corrected chi connectivity index (χ1v) is 6.71. The third kappa shape index (κ3) is 6.02. The van der Waals surface area contributed by atoms with Gasteiger partial charge >= 0.3 is 6.09 Å². The molecule has 1 atom stereocenters. The molecule has 0 saturated carbocycles. The van der Waals surface area contributed by atoms with Crippen molar-refractivity contribution < 1.29 is 13.9 Å². The molecule has 0 heterocycles. The van der Waals surface area contributed by atoms with Crippen molar-refractivity contribution in [3.8, 4) is 0 Å². The number of benzene rings is 1. The van der Waals surface area contributed by atoms with Crippen LogP contribution in [0.25, 0.3) is 0 Å². The average molecular weight is 282 g/mol. The molecular formula is C15H23FN2O2. The van der Waals surface area contributed by atoms with E-state index in [0.717, 1.165) is 0 Å². The summed E-state index contributed by atoms with van der Waals surface area (Å²) >= 11 is 0. The van der Waals surface area contributed by atoms with E-state index in [-0.39, 0.29) is 11.9 Å². The van der Waals surface area contributed by atoms with Gasteiger partial charge in [-0.1, -0.05) is 0 Å². The average Bonchev–Trinajstić information content (AvgIpc) is 2.26. The molecule has 112 valence electrons. The van der Waals surface area contributed by atoms with E-state index < -0.39 is 11.7 Å². The molecule has 0 spiro atoms. The van der Waals surface area contributed by atoms with E-state index in [0.29, 0.717) is 24.1 Å². The maximum absolute atomic E-state index is 13.3. The number of hydrogen-bond donors (Lipinski definition) is 2. The molecule has 20 heavy (non-hydrogen) atoms. The zero-order chi connectivity index (χ0) is 15.3. The predicted octanol–water partition coefficient (Wildman–Crippen LogP) is 3.45. The Bertz CT molecular complexity index is 467. The smallest absolute Gasteiger partial charge is 0.412 e. The maximum atomic E-state index is 13.3. The topological polar surface area (TPSA) is 64.3 Å². The van der Waals surface area contributed by atoms with Crippen LogP contribution in [0.5, 0.6) is 0 Å². The van der Waals surface area contributed by atoms with E-state index in [2.05, 4.69) is 5.32 Å². The summed E-state index contributed by atoms with van der Waals surface area (Å²) in [5.41, 5.74) is 6.41. The Morgan fingerprint density at radius 1 is 1.45 bits per heavy atom. The molecule has 0 aliphatic heterocycles. The Morgan fingerprint density at radius 2 is 2.10 bits per heavy atom. The number of nitrogens with two attached hydrogens (primary N) is 1. The van der Waals surface area contributed by atoms with Crippen molar-refractivity contribution in [3.05, 3.63) is 29.6 Å². The molecule has 0 aromatic heterocycles. The summed E-state index contributed by atoms with van der Waals surface area (Å²) in [6, 6.07) is 4.28.